The zero-order chi connectivity index (χ0) is 11.5. The van der Waals surface area contributed by atoms with Crippen LogP contribution in [-0.4, -0.2) is 10.9 Å². The van der Waals surface area contributed by atoms with Crippen molar-refractivity contribution in [3.8, 4) is 0 Å². The van der Waals surface area contributed by atoms with Crippen LogP contribution in [0.4, 0.5) is 5.69 Å². The van der Waals surface area contributed by atoms with Crippen molar-refractivity contribution in [1.82, 2.24) is 4.98 Å². The summed E-state index contributed by atoms with van der Waals surface area (Å²) in [5, 5.41) is 0. The molecule has 1 aromatic rings. The Balaban J connectivity index is 2.27. The van der Waals surface area contributed by atoms with Crippen LogP contribution in [0.1, 0.15) is 54.2 Å². The van der Waals surface area contributed by atoms with Gasteiger partial charge < -0.3 is 11.5 Å². The highest BCUT2D eigenvalue weighted by Gasteiger charge is 2.18. The first-order valence-electron chi connectivity index (χ1n) is 5.74. The number of hydrogen-bond acceptors (Lipinski definition) is 3. The molecule has 0 saturated heterocycles. The van der Waals surface area contributed by atoms with Gasteiger partial charge in [-0.15, -0.1) is 0 Å². The number of carbonyl (C=O) groups excluding carboxylic acids is 1. The summed E-state index contributed by atoms with van der Waals surface area (Å²) in [4.78, 5) is 15.4. The summed E-state index contributed by atoms with van der Waals surface area (Å²) in [5.41, 5.74) is 12.4. The normalized spacial score (nSPS) is 17.2. The number of nitrogens with zero attached hydrogens (tertiary/aromatic N) is 1. The first kappa shape index (κ1) is 10.9. The largest absolute Gasteiger partial charge is 0.397 e. The number of amides is 1. The fourth-order valence-corrected chi connectivity index (χ4v) is 2.31. The maximum Gasteiger partial charge on any atom is 0.269 e. The predicted molar refractivity (Wildman–Crippen MR) is 63.0 cm³/mol. The summed E-state index contributed by atoms with van der Waals surface area (Å²) in [7, 11) is 0. The van der Waals surface area contributed by atoms with Crippen LogP contribution in [0.25, 0.3) is 0 Å². The van der Waals surface area contributed by atoms with Gasteiger partial charge in [0.15, 0.2) is 5.69 Å². The molecule has 1 aromatic heterocycles. The summed E-state index contributed by atoms with van der Waals surface area (Å²) < 4.78 is 0. The molecule has 0 bridgehead atoms. The third kappa shape index (κ3) is 2.15. The summed E-state index contributed by atoms with van der Waals surface area (Å²) in [5.74, 6) is -0.0809. The van der Waals surface area contributed by atoms with E-state index in [0.29, 0.717) is 11.6 Å². The van der Waals surface area contributed by atoms with Gasteiger partial charge in [0.05, 0.1) is 5.69 Å². The van der Waals surface area contributed by atoms with Gasteiger partial charge in [-0.3, -0.25) is 4.79 Å². The Hall–Kier alpha value is -1.58. The molecule has 86 valence electrons. The van der Waals surface area contributed by atoms with Crippen molar-refractivity contribution in [2.75, 3.05) is 5.73 Å². The third-order valence-corrected chi connectivity index (χ3v) is 3.20. The Morgan fingerprint density at radius 2 is 1.94 bits per heavy atom. The number of anilines is 1. The Kier molecular flexibility index (Phi) is 3.08. The number of rotatable bonds is 2. The van der Waals surface area contributed by atoms with Gasteiger partial charge in [-0.25, -0.2) is 4.98 Å². The Labute approximate surface area is 95.0 Å². The average Bonchev–Trinajstić information content (AvgIpc) is 2.30. The topological polar surface area (TPSA) is 82.0 Å². The molecule has 0 radical (unpaired) electrons. The molecular weight excluding hydrogens is 202 g/mol. The van der Waals surface area contributed by atoms with Crippen LogP contribution in [0.2, 0.25) is 0 Å². The zero-order valence-corrected chi connectivity index (χ0v) is 9.28. The molecule has 1 amide bonds. The molecule has 16 heavy (non-hydrogen) atoms. The quantitative estimate of drug-likeness (QED) is 0.795. The fourth-order valence-electron chi connectivity index (χ4n) is 2.31. The van der Waals surface area contributed by atoms with Gasteiger partial charge in [-0.1, -0.05) is 19.3 Å². The number of nitrogen functional groups attached to an aromatic ring is 1. The van der Waals surface area contributed by atoms with Crippen LogP contribution >= 0.6 is 0 Å². The minimum atomic E-state index is -0.546. The van der Waals surface area contributed by atoms with E-state index >= 15 is 0 Å². The van der Waals surface area contributed by atoms with Gasteiger partial charge in [0, 0.05) is 11.6 Å². The first-order valence-corrected chi connectivity index (χ1v) is 5.74. The number of nitrogens with two attached hydrogens (primary N) is 2. The summed E-state index contributed by atoms with van der Waals surface area (Å²) >= 11 is 0. The van der Waals surface area contributed by atoms with Gasteiger partial charge >= 0.3 is 0 Å². The maximum absolute atomic E-state index is 11.1. The Bertz CT molecular complexity index is 397. The molecule has 0 spiro atoms. The molecule has 0 unspecified atom stereocenters. The molecule has 4 nitrogen and oxygen atoms in total. The molecule has 1 saturated carbocycles. The fraction of sp³-hybridized carbons (Fsp3) is 0.500. The second-order valence-electron chi connectivity index (χ2n) is 4.37. The van der Waals surface area contributed by atoms with E-state index in [2.05, 4.69) is 4.98 Å². The summed E-state index contributed by atoms with van der Waals surface area (Å²) in [6.45, 7) is 0. The van der Waals surface area contributed by atoms with E-state index < -0.39 is 5.91 Å². The standard InChI is InChI=1S/C12H17N3O/c13-9-6-7-10(15-11(9)12(14)16)8-4-2-1-3-5-8/h6-8H,1-5,13H2,(H2,14,16). The van der Waals surface area contributed by atoms with Crippen LogP contribution in [-0.2, 0) is 0 Å². The van der Waals surface area contributed by atoms with Gasteiger partial charge in [0.1, 0.15) is 0 Å². The highest BCUT2D eigenvalue weighted by atomic mass is 16.1. The van der Waals surface area contributed by atoms with Crippen molar-refractivity contribution in [2.45, 2.75) is 38.0 Å². The van der Waals surface area contributed by atoms with E-state index in [-0.39, 0.29) is 5.69 Å². The Morgan fingerprint density at radius 3 is 2.56 bits per heavy atom. The summed E-state index contributed by atoms with van der Waals surface area (Å²) in [6.07, 6.45) is 6.07. The van der Waals surface area contributed by atoms with E-state index in [1.807, 2.05) is 6.07 Å². The van der Waals surface area contributed by atoms with Crippen molar-refractivity contribution < 1.29 is 4.79 Å². The highest BCUT2D eigenvalue weighted by molar-refractivity contribution is 5.95. The van der Waals surface area contributed by atoms with Crippen molar-refractivity contribution in [1.29, 1.82) is 0 Å². The molecule has 0 aliphatic heterocycles. The molecule has 1 aliphatic rings. The number of hydrogen-bond donors (Lipinski definition) is 2. The highest BCUT2D eigenvalue weighted by Crippen LogP contribution is 2.32. The van der Waals surface area contributed by atoms with E-state index in [1.165, 1.54) is 19.3 Å². The lowest BCUT2D eigenvalue weighted by Crippen LogP contribution is -2.17. The van der Waals surface area contributed by atoms with E-state index in [9.17, 15) is 4.79 Å². The summed E-state index contributed by atoms with van der Waals surface area (Å²) in [6, 6.07) is 3.65. The van der Waals surface area contributed by atoms with Gasteiger partial charge in [0.25, 0.3) is 5.91 Å². The molecular formula is C12H17N3O. The van der Waals surface area contributed by atoms with Gasteiger partial charge in [0.2, 0.25) is 0 Å². The number of pyridine rings is 1. The monoisotopic (exact) mass is 219 g/mol. The number of carbonyl (C=O) groups is 1. The molecule has 1 heterocycles. The van der Waals surface area contributed by atoms with Crippen molar-refractivity contribution >= 4 is 11.6 Å². The molecule has 0 atom stereocenters. The second kappa shape index (κ2) is 4.51. The van der Waals surface area contributed by atoms with Crippen LogP contribution < -0.4 is 11.5 Å². The van der Waals surface area contributed by atoms with Crippen LogP contribution in [0.15, 0.2) is 12.1 Å². The average molecular weight is 219 g/mol. The molecule has 0 aromatic carbocycles. The SMILES string of the molecule is NC(=O)c1nc(C2CCCCC2)ccc1N. The number of primary amides is 1. The van der Waals surface area contributed by atoms with Crippen LogP contribution in [0, 0.1) is 0 Å². The van der Waals surface area contributed by atoms with Crippen LogP contribution in [0.5, 0.6) is 0 Å². The van der Waals surface area contributed by atoms with Crippen molar-refractivity contribution in [3.05, 3.63) is 23.5 Å². The van der Waals surface area contributed by atoms with Crippen molar-refractivity contribution in [2.24, 2.45) is 5.73 Å². The lowest BCUT2D eigenvalue weighted by Gasteiger charge is -2.21. The van der Waals surface area contributed by atoms with Gasteiger partial charge in [-0.05, 0) is 25.0 Å². The predicted octanol–water partition coefficient (Wildman–Crippen LogP) is 1.81. The molecule has 4 heteroatoms. The lowest BCUT2D eigenvalue weighted by molar-refractivity contribution is 0.0996. The minimum absolute atomic E-state index is 0.211. The molecule has 2 rings (SSSR count). The first-order chi connectivity index (χ1) is 7.68. The lowest BCUT2D eigenvalue weighted by atomic mass is 9.86. The van der Waals surface area contributed by atoms with E-state index in [4.69, 9.17) is 11.5 Å². The smallest absolute Gasteiger partial charge is 0.269 e. The van der Waals surface area contributed by atoms with Gasteiger partial charge in [-0.2, -0.15) is 0 Å². The molecule has 4 N–H and O–H groups in total. The number of aromatic nitrogens is 1. The third-order valence-electron chi connectivity index (χ3n) is 3.20. The Morgan fingerprint density at radius 1 is 1.25 bits per heavy atom. The zero-order valence-electron chi connectivity index (χ0n) is 9.28. The molecule has 1 aliphatic carbocycles. The van der Waals surface area contributed by atoms with E-state index in [0.717, 1.165) is 18.5 Å². The maximum atomic E-state index is 11.1. The molecule has 1 fully saturated rings. The second-order valence-corrected chi connectivity index (χ2v) is 4.37. The van der Waals surface area contributed by atoms with Crippen LogP contribution in [0.3, 0.4) is 0 Å². The van der Waals surface area contributed by atoms with Crippen molar-refractivity contribution in [3.63, 3.8) is 0 Å². The van der Waals surface area contributed by atoms with E-state index in [1.54, 1.807) is 6.07 Å². The minimum Gasteiger partial charge on any atom is -0.397 e.